The van der Waals surface area contributed by atoms with Gasteiger partial charge in [0.1, 0.15) is 11.6 Å². The molecule has 0 aromatic carbocycles. The number of aromatic nitrogens is 2. The van der Waals surface area contributed by atoms with Crippen LogP contribution in [-0.2, 0) is 11.2 Å². The number of H-pyrrole nitrogens is 1. The Balaban J connectivity index is 2.26. The van der Waals surface area contributed by atoms with Gasteiger partial charge in [-0.15, -0.1) is 0 Å². The molecule has 3 N–H and O–H groups in total. The van der Waals surface area contributed by atoms with Crippen molar-refractivity contribution in [2.45, 2.75) is 58.6 Å². The fraction of sp³-hybridized carbons (Fsp3) is 0.688. The van der Waals surface area contributed by atoms with Crippen LogP contribution in [0.4, 0.5) is 5.82 Å². The fourth-order valence-electron chi connectivity index (χ4n) is 2.80. The van der Waals surface area contributed by atoms with E-state index in [-0.39, 0.29) is 22.8 Å². The second-order valence-corrected chi connectivity index (χ2v) is 6.96. The highest BCUT2D eigenvalue weighted by atomic mass is 16.5. The minimum Gasteiger partial charge on any atom is -0.375 e. The Morgan fingerprint density at radius 1 is 1.55 bits per heavy atom. The van der Waals surface area contributed by atoms with Gasteiger partial charge in [-0.1, -0.05) is 13.8 Å². The molecule has 0 aliphatic carbocycles. The van der Waals surface area contributed by atoms with Crippen molar-refractivity contribution in [1.82, 2.24) is 9.97 Å². The smallest absolute Gasteiger partial charge is 0.261 e. The molecule has 1 fully saturated rings. The van der Waals surface area contributed by atoms with Crippen LogP contribution in [0.15, 0.2) is 4.79 Å². The van der Waals surface area contributed by atoms with E-state index in [9.17, 15) is 4.79 Å². The molecule has 122 valence electrons. The fourth-order valence-corrected chi connectivity index (χ4v) is 2.80. The van der Waals surface area contributed by atoms with E-state index >= 15 is 0 Å². The number of hydrogen-bond acceptors (Lipinski definition) is 5. The zero-order valence-electron chi connectivity index (χ0n) is 13.8. The van der Waals surface area contributed by atoms with Gasteiger partial charge in [-0.2, -0.15) is 0 Å². The molecule has 0 radical (unpaired) electrons. The third kappa shape index (κ3) is 4.16. The molecule has 1 aliphatic heterocycles. The van der Waals surface area contributed by atoms with Crippen molar-refractivity contribution in [3.8, 4) is 0 Å². The highest BCUT2D eigenvalue weighted by molar-refractivity contribution is 5.83. The van der Waals surface area contributed by atoms with Crippen LogP contribution in [0.2, 0.25) is 0 Å². The van der Waals surface area contributed by atoms with Crippen molar-refractivity contribution >= 4 is 12.0 Å². The highest BCUT2D eigenvalue weighted by Crippen LogP contribution is 2.26. The van der Waals surface area contributed by atoms with Crippen molar-refractivity contribution in [3.05, 3.63) is 21.7 Å². The molecular formula is C16H26N4O2. The first-order valence-electron chi connectivity index (χ1n) is 7.85. The topological polar surface area (TPSA) is 90.9 Å². The minimum absolute atomic E-state index is 0.178. The third-order valence-corrected chi connectivity index (χ3v) is 3.79. The molecule has 0 bridgehead atoms. The van der Waals surface area contributed by atoms with E-state index in [0.717, 1.165) is 19.1 Å². The monoisotopic (exact) mass is 306 g/mol. The molecule has 1 aromatic heterocycles. The summed E-state index contributed by atoms with van der Waals surface area (Å²) in [6, 6.07) is 0.198. The summed E-state index contributed by atoms with van der Waals surface area (Å²) in [7, 11) is 0. The van der Waals surface area contributed by atoms with Gasteiger partial charge in [-0.3, -0.25) is 4.79 Å². The molecule has 6 nitrogen and oxygen atoms in total. The van der Waals surface area contributed by atoms with Crippen LogP contribution in [0.1, 0.15) is 51.9 Å². The van der Waals surface area contributed by atoms with Gasteiger partial charge < -0.3 is 20.4 Å². The molecule has 1 unspecified atom stereocenters. The number of rotatable bonds is 5. The Bertz CT molecular complexity index is 592. The molecule has 0 spiro atoms. The number of aromatic amines is 1. The summed E-state index contributed by atoms with van der Waals surface area (Å²) in [6.45, 7) is 8.98. The number of hydrogen-bond donors (Lipinski definition) is 3. The molecule has 0 amide bonds. The maximum Gasteiger partial charge on any atom is 0.261 e. The lowest BCUT2D eigenvalue weighted by Gasteiger charge is -2.36. The summed E-state index contributed by atoms with van der Waals surface area (Å²) in [6.07, 6.45) is 3.49. The van der Waals surface area contributed by atoms with Gasteiger partial charge in [0.2, 0.25) is 0 Å². The standard InChI is InChI=1S/C16H26N4O2/c1-10(2)7-13-19-14(12(9-17)15(21)20-13)18-11-5-6-22-16(3,4)8-11/h9-11,17H,5-8H2,1-4H3,(H2,18,19,20,21). The van der Waals surface area contributed by atoms with E-state index in [2.05, 4.69) is 43.0 Å². The molecule has 6 heteroatoms. The van der Waals surface area contributed by atoms with E-state index < -0.39 is 0 Å². The molecular weight excluding hydrogens is 280 g/mol. The molecule has 2 rings (SSSR count). The van der Waals surface area contributed by atoms with Crippen LogP contribution in [0.25, 0.3) is 0 Å². The van der Waals surface area contributed by atoms with Crippen molar-refractivity contribution in [3.63, 3.8) is 0 Å². The molecule has 22 heavy (non-hydrogen) atoms. The Kier molecular flexibility index (Phi) is 5.01. The molecule has 0 saturated carbocycles. The van der Waals surface area contributed by atoms with Gasteiger partial charge in [-0.05, 0) is 32.6 Å². The first-order valence-corrected chi connectivity index (χ1v) is 7.85. The second-order valence-electron chi connectivity index (χ2n) is 6.96. The lowest BCUT2D eigenvalue weighted by Crippen LogP contribution is -2.40. The molecule has 1 saturated heterocycles. The van der Waals surface area contributed by atoms with Crippen LogP contribution in [0.3, 0.4) is 0 Å². The lowest BCUT2D eigenvalue weighted by atomic mass is 9.94. The van der Waals surface area contributed by atoms with Gasteiger partial charge in [-0.25, -0.2) is 4.98 Å². The van der Waals surface area contributed by atoms with Crippen molar-refractivity contribution in [2.24, 2.45) is 5.92 Å². The normalized spacial score (nSPS) is 20.9. The quantitative estimate of drug-likeness (QED) is 0.728. The van der Waals surface area contributed by atoms with Crippen LogP contribution in [0.5, 0.6) is 0 Å². The largest absolute Gasteiger partial charge is 0.375 e. The van der Waals surface area contributed by atoms with E-state index in [4.69, 9.17) is 10.1 Å². The van der Waals surface area contributed by atoms with Crippen molar-refractivity contribution < 1.29 is 4.74 Å². The average molecular weight is 306 g/mol. The van der Waals surface area contributed by atoms with Gasteiger partial charge in [0, 0.05) is 25.3 Å². The first-order chi connectivity index (χ1) is 10.3. The molecule has 2 heterocycles. The summed E-state index contributed by atoms with van der Waals surface area (Å²) >= 11 is 0. The predicted molar refractivity (Wildman–Crippen MR) is 88.0 cm³/mol. The Labute approximate surface area is 131 Å². The van der Waals surface area contributed by atoms with Crippen LogP contribution in [0, 0.1) is 11.3 Å². The summed E-state index contributed by atoms with van der Waals surface area (Å²) in [5, 5.41) is 10.8. The number of ether oxygens (including phenoxy) is 1. The first kappa shape index (κ1) is 16.7. The maximum absolute atomic E-state index is 12.1. The maximum atomic E-state index is 12.1. The number of anilines is 1. The Morgan fingerprint density at radius 3 is 2.86 bits per heavy atom. The Hall–Kier alpha value is -1.69. The predicted octanol–water partition coefficient (Wildman–Crippen LogP) is 2.34. The van der Waals surface area contributed by atoms with E-state index in [1.165, 1.54) is 0 Å². The van der Waals surface area contributed by atoms with Gasteiger partial charge >= 0.3 is 0 Å². The van der Waals surface area contributed by atoms with Crippen molar-refractivity contribution in [1.29, 1.82) is 5.41 Å². The SMILES string of the molecule is CC(C)Cc1nc(NC2CCOC(C)(C)C2)c(C=N)c(=O)[nH]1. The summed E-state index contributed by atoms with van der Waals surface area (Å²) in [4.78, 5) is 19.4. The van der Waals surface area contributed by atoms with Gasteiger partial charge in [0.15, 0.2) is 0 Å². The highest BCUT2D eigenvalue weighted by Gasteiger charge is 2.29. The van der Waals surface area contributed by atoms with Crippen molar-refractivity contribution in [2.75, 3.05) is 11.9 Å². The van der Waals surface area contributed by atoms with E-state index in [1.807, 2.05) is 0 Å². The van der Waals surface area contributed by atoms with Gasteiger partial charge in [0.05, 0.1) is 11.2 Å². The molecule has 1 aliphatic rings. The second kappa shape index (κ2) is 6.60. The summed E-state index contributed by atoms with van der Waals surface area (Å²) < 4.78 is 5.72. The molecule has 1 aromatic rings. The van der Waals surface area contributed by atoms with Crippen LogP contribution >= 0.6 is 0 Å². The lowest BCUT2D eigenvalue weighted by molar-refractivity contribution is -0.0553. The van der Waals surface area contributed by atoms with E-state index in [1.54, 1.807) is 0 Å². The van der Waals surface area contributed by atoms with E-state index in [0.29, 0.717) is 30.6 Å². The van der Waals surface area contributed by atoms with Gasteiger partial charge in [0.25, 0.3) is 5.56 Å². The number of nitrogens with zero attached hydrogens (tertiary/aromatic N) is 1. The molecule has 1 atom stereocenters. The Morgan fingerprint density at radius 2 is 2.27 bits per heavy atom. The summed E-state index contributed by atoms with van der Waals surface area (Å²) in [5.74, 6) is 1.58. The summed E-state index contributed by atoms with van der Waals surface area (Å²) in [5.41, 5.74) is -0.144. The van der Waals surface area contributed by atoms with Crippen LogP contribution in [-0.4, -0.2) is 34.4 Å². The third-order valence-electron chi connectivity index (χ3n) is 3.79. The minimum atomic E-state index is -0.255. The van der Waals surface area contributed by atoms with Crippen LogP contribution < -0.4 is 10.9 Å². The zero-order valence-corrected chi connectivity index (χ0v) is 13.8. The number of nitrogens with one attached hydrogen (secondary N) is 3. The average Bonchev–Trinajstić information content (AvgIpc) is 2.36. The zero-order chi connectivity index (χ0) is 16.3.